The maximum absolute atomic E-state index is 11.1. The molecule has 3 rings (SSSR count). The highest BCUT2D eigenvalue weighted by Crippen LogP contribution is 2.27. The van der Waals surface area contributed by atoms with Crippen LogP contribution in [-0.4, -0.2) is 4.98 Å². The molecule has 5 nitrogen and oxygen atoms in total. The topological polar surface area (TPSA) is 84.0 Å². The van der Waals surface area contributed by atoms with Crippen LogP contribution in [0.3, 0.4) is 0 Å². The number of aryl methyl sites for hydroxylation is 2. The predicted molar refractivity (Wildman–Crippen MR) is 80.4 cm³/mol. The summed E-state index contributed by atoms with van der Waals surface area (Å²) in [6.45, 7) is 4.06. The van der Waals surface area contributed by atoms with E-state index in [1.807, 2.05) is 32.0 Å². The second-order valence-electron chi connectivity index (χ2n) is 4.87. The molecule has 0 bridgehead atoms. The lowest BCUT2D eigenvalue weighted by atomic mass is 10.1. The highest BCUT2D eigenvalue weighted by Gasteiger charge is 2.05. The van der Waals surface area contributed by atoms with Crippen molar-refractivity contribution in [1.29, 1.82) is 0 Å². The van der Waals surface area contributed by atoms with E-state index in [0.29, 0.717) is 16.8 Å². The highest BCUT2D eigenvalue weighted by atomic mass is 16.4. The third-order valence-corrected chi connectivity index (χ3v) is 3.37. The Balaban J connectivity index is 2.00. The summed E-state index contributed by atoms with van der Waals surface area (Å²) in [4.78, 5) is 13.7. The maximum Gasteiger partial charge on any atom is 0.417 e. The molecule has 5 heteroatoms. The lowest BCUT2D eigenvalue weighted by Gasteiger charge is -2.12. The third kappa shape index (κ3) is 2.14. The smallest absolute Gasteiger partial charge is 0.408 e. The average Bonchev–Trinajstić information content (AvgIpc) is 2.75. The van der Waals surface area contributed by atoms with Crippen molar-refractivity contribution in [2.75, 3.05) is 11.1 Å². The number of aromatic amines is 1. The van der Waals surface area contributed by atoms with Crippen LogP contribution in [0.15, 0.2) is 39.5 Å². The van der Waals surface area contributed by atoms with Crippen molar-refractivity contribution in [1.82, 2.24) is 4.98 Å². The zero-order valence-corrected chi connectivity index (χ0v) is 11.3. The van der Waals surface area contributed by atoms with E-state index in [0.717, 1.165) is 22.5 Å². The summed E-state index contributed by atoms with van der Waals surface area (Å²) in [5.41, 5.74) is 11.9. The number of aromatic nitrogens is 1. The number of hydrogen-bond acceptors (Lipinski definition) is 4. The molecule has 3 aromatic rings. The van der Waals surface area contributed by atoms with E-state index >= 15 is 0 Å². The highest BCUT2D eigenvalue weighted by molar-refractivity contribution is 5.81. The molecule has 0 fully saturated rings. The Morgan fingerprint density at radius 3 is 2.70 bits per heavy atom. The maximum atomic E-state index is 11.1. The van der Waals surface area contributed by atoms with Gasteiger partial charge in [-0.1, -0.05) is 0 Å². The molecule has 0 amide bonds. The van der Waals surface area contributed by atoms with Crippen LogP contribution in [0.25, 0.3) is 11.1 Å². The molecule has 2 aromatic carbocycles. The normalized spacial score (nSPS) is 10.9. The molecule has 0 saturated carbocycles. The number of rotatable bonds is 2. The van der Waals surface area contributed by atoms with Gasteiger partial charge in [-0.15, -0.1) is 0 Å². The Bertz CT molecular complexity index is 846. The van der Waals surface area contributed by atoms with Crippen LogP contribution in [0, 0.1) is 13.8 Å². The summed E-state index contributed by atoms with van der Waals surface area (Å²) in [6, 6.07) is 9.36. The number of hydrogen-bond donors (Lipinski definition) is 3. The minimum Gasteiger partial charge on any atom is -0.408 e. The molecule has 0 atom stereocenters. The number of benzene rings is 2. The fourth-order valence-electron chi connectivity index (χ4n) is 2.13. The van der Waals surface area contributed by atoms with Gasteiger partial charge in [-0.05, 0) is 49.2 Å². The Morgan fingerprint density at radius 2 is 1.90 bits per heavy atom. The number of anilines is 3. The zero-order valence-electron chi connectivity index (χ0n) is 11.3. The SMILES string of the molecule is Cc1cc(N)c(Nc2ccc3[nH]c(=O)oc3c2)cc1C. The van der Waals surface area contributed by atoms with Crippen LogP contribution in [0.5, 0.6) is 0 Å². The zero-order chi connectivity index (χ0) is 14.3. The van der Waals surface area contributed by atoms with Crippen LogP contribution in [0.4, 0.5) is 17.1 Å². The largest absolute Gasteiger partial charge is 0.417 e. The van der Waals surface area contributed by atoms with Crippen LogP contribution < -0.4 is 16.8 Å². The number of nitrogens with two attached hydrogens (primary N) is 1. The lowest BCUT2D eigenvalue weighted by Crippen LogP contribution is -1.98. The van der Waals surface area contributed by atoms with Crippen molar-refractivity contribution in [3.8, 4) is 0 Å². The van der Waals surface area contributed by atoms with Gasteiger partial charge in [0.15, 0.2) is 5.58 Å². The Hall–Kier alpha value is -2.69. The quantitative estimate of drug-likeness (QED) is 0.624. The van der Waals surface area contributed by atoms with E-state index in [-0.39, 0.29) is 0 Å². The van der Waals surface area contributed by atoms with E-state index in [9.17, 15) is 4.79 Å². The van der Waals surface area contributed by atoms with E-state index in [1.165, 1.54) is 0 Å². The van der Waals surface area contributed by atoms with Gasteiger partial charge in [0.2, 0.25) is 0 Å². The number of fused-ring (bicyclic) bond motifs is 1. The first-order valence-electron chi connectivity index (χ1n) is 6.29. The first kappa shape index (κ1) is 12.3. The molecular weight excluding hydrogens is 254 g/mol. The van der Waals surface area contributed by atoms with Crippen LogP contribution in [0.2, 0.25) is 0 Å². The summed E-state index contributed by atoms with van der Waals surface area (Å²) in [5, 5.41) is 3.24. The summed E-state index contributed by atoms with van der Waals surface area (Å²) in [7, 11) is 0. The summed E-state index contributed by atoms with van der Waals surface area (Å²) in [5.74, 6) is -0.456. The fraction of sp³-hybridized carbons (Fsp3) is 0.133. The van der Waals surface area contributed by atoms with Crippen molar-refractivity contribution in [3.63, 3.8) is 0 Å². The minimum absolute atomic E-state index is 0.456. The molecule has 0 aliphatic rings. The molecule has 0 saturated heterocycles. The number of oxazole rings is 1. The molecule has 0 aliphatic carbocycles. The molecular formula is C15H15N3O2. The van der Waals surface area contributed by atoms with Gasteiger partial charge in [-0.2, -0.15) is 0 Å². The Kier molecular flexibility index (Phi) is 2.75. The van der Waals surface area contributed by atoms with E-state index < -0.39 is 5.76 Å². The van der Waals surface area contributed by atoms with Crippen LogP contribution >= 0.6 is 0 Å². The first-order valence-corrected chi connectivity index (χ1v) is 6.29. The van der Waals surface area contributed by atoms with Crippen molar-refractivity contribution < 1.29 is 4.42 Å². The molecule has 4 N–H and O–H groups in total. The molecule has 0 aliphatic heterocycles. The van der Waals surface area contributed by atoms with Crippen LogP contribution in [0.1, 0.15) is 11.1 Å². The van der Waals surface area contributed by atoms with Gasteiger partial charge in [0.25, 0.3) is 0 Å². The average molecular weight is 269 g/mol. The lowest BCUT2D eigenvalue weighted by molar-refractivity contribution is 0.555. The molecule has 102 valence electrons. The van der Waals surface area contributed by atoms with Gasteiger partial charge in [0.05, 0.1) is 16.9 Å². The number of nitrogen functional groups attached to an aromatic ring is 1. The van der Waals surface area contributed by atoms with Gasteiger partial charge in [0, 0.05) is 11.8 Å². The third-order valence-electron chi connectivity index (χ3n) is 3.37. The monoisotopic (exact) mass is 269 g/mol. The van der Waals surface area contributed by atoms with Gasteiger partial charge in [-0.25, -0.2) is 4.79 Å². The van der Waals surface area contributed by atoms with E-state index in [2.05, 4.69) is 10.3 Å². The fourth-order valence-corrected chi connectivity index (χ4v) is 2.13. The van der Waals surface area contributed by atoms with Gasteiger partial charge < -0.3 is 15.5 Å². The molecule has 1 heterocycles. The van der Waals surface area contributed by atoms with Crippen LogP contribution in [-0.2, 0) is 0 Å². The second-order valence-corrected chi connectivity index (χ2v) is 4.87. The molecule has 0 spiro atoms. The van der Waals surface area contributed by atoms with Crippen molar-refractivity contribution in [2.45, 2.75) is 13.8 Å². The first-order chi connectivity index (χ1) is 9.52. The van der Waals surface area contributed by atoms with Crippen molar-refractivity contribution in [3.05, 3.63) is 52.0 Å². The van der Waals surface area contributed by atoms with E-state index in [1.54, 1.807) is 12.1 Å². The van der Waals surface area contributed by atoms with Gasteiger partial charge >= 0.3 is 5.76 Å². The van der Waals surface area contributed by atoms with E-state index in [4.69, 9.17) is 10.2 Å². The number of nitrogens with one attached hydrogen (secondary N) is 2. The minimum atomic E-state index is -0.456. The summed E-state index contributed by atoms with van der Waals surface area (Å²) < 4.78 is 5.04. The number of H-pyrrole nitrogens is 1. The molecule has 0 unspecified atom stereocenters. The molecule has 1 aromatic heterocycles. The predicted octanol–water partition coefficient (Wildman–Crippen LogP) is 3.06. The Morgan fingerprint density at radius 1 is 1.15 bits per heavy atom. The second kappa shape index (κ2) is 4.45. The Labute approximate surface area is 115 Å². The summed E-state index contributed by atoms with van der Waals surface area (Å²) in [6.07, 6.45) is 0. The molecule has 20 heavy (non-hydrogen) atoms. The van der Waals surface area contributed by atoms with Crippen molar-refractivity contribution >= 4 is 28.2 Å². The summed E-state index contributed by atoms with van der Waals surface area (Å²) >= 11 is 0. The van der Waals surface area contributed by atoms with Gasteiger partial charge in [0.1, 0.15) is 0 Å². The van der Waals surface area contributed by atoms with Crippen molar-refractivity contribution in [2.24, 2.45) is 0 Å². The molecule has 0 radical (unpaired) electrons. The van der Waals surface area contributed by atoms with Gasteiger partial charge in [-0.3, -0.25) is 4.98 Å². The standard InChI is InChI=1S/C15H15N3O2/c1-8-5-11(16)13(6-9(8)2)17-10-3-4-12-14(7-10)20-15(19)18-12/h3-7,17H,16H2,1-2H3,(H,18,19).